The molecule has 1 heterocycles. The first kappa shape index (κ1) is 18.4. The van der Waals surface area contributed by atoms with Crippen LogP contribution in [0.15, 0.2) is 54.6 Å². The van der Waals surface area contributed by atoms with Crippen LogP contribution in [0.5, 0.6) is 0 Å². The smallest absolute Gasteiger partial charge is 0.253 e. The Kier molecular flexibility index (Phi) is 5.68. The molecule has 0 saturated heterocycles. The molecule has 136 valence electrons. The first-order valence-corrected chi connectivity index (χ1v) is 9.08. The van der Waals surface area contributed by atoms with Gasteiger partial charge in [0.2, 0.25) is 0 Å². The second-order valence-electron chi connectivity index (χ2n) is 6.21. The van der Waals surface area contributed by atoms with Crippen LogP contribution in [0.25, 0.3) is 10.9 Å². The standard InChI is InChI=1S/C22H22N4O/c1-3-26(4-2)22(27)17-11-9-16(10-12-17)15-24-21-13-18(14-23)25-20-8-6-5-7-19(20)21/h5-13H,3-4,15H2,1-2H3,(H,24,25). The Bertz CT molecular complexity index is 985. The number of hydrogen-bond donors (Lipinski definition) is 1. The van der Waals surface area contributed by atoms with Gasteiger partial charge in [-0.15, -0.1) is 0 Å². The summed E-state index contributed by atoms with van der Waals surface area (Å²) in [5.74, 6) is 0.0540. The minimum absolute atomic E-state index is 0.0540. The molecule has 0 bridgehead atoms. The zero-order valence-corrected chi connectivity index (χ0v) is 15.6. The quantitative estimate of drug-likeness (QED) is 0.717. The predicted octanol–water partition coefficient (Wildman–Crippen LogP) is 4.20. The summed E-state index contributed by atoms with van der Waals surface area (Å²) < 4.78 is 0. The lowest BCUT2D eigenvalue weighted by Crippen LogP contribution is -2.30. The summed E-state index contributed by atoms with van der Waals surface area (Å²) in [6.07, 6.45) is 0. The number of fused-ring (bicyclic) bond motifs is 1. The van der Waals surface area contributed by atoms with Gasteiger partial charge in [0.15, 0.2) is 0 Å². The average molecular weight is 358 g/mol. The maximum atomic E-state index is 12.4. The second-order valence-corrected chi connectivity index (χ2v) is 6.21. The van der Waals surface area contributed by atoms with Crippen LogP contribution in [0.3, 0.4) is 0 Å². The van der Waals surface area contributed by atoms with E-state index in [2.05, 4.69) is 16.4 Å². The number of amides is 1. The number of para-hydroxylation sites is 1. The Morgan fingerprint density at radius 2 is 1.81 bits per heavy atom. The van der Waals surface area contributed by atoms with Gasteiger partial charge < -0.3 is 10.2 Å². The third kappa shape index (κ3) is 4.06. The van der Waals surface area contributed by atoms with Gasteiger partial charge in [-0.3, -0.25) is 4.79 Å². The summed E-state index contributed by atoms with van der Waals surface area (Å²) >= 11 is 0. The number of nitriles is 1. The lowest BCUT2D eigenvalue weighted by atomic mass is 10.1. The molecule has 0 aliphatic heterocycles. The fourth-order valence-corrected chi connectivity index (χ4v) is 3.03. The van der Waals surface area contributed by atoms with E-state index in [0.717, 1.165) is 22.2 Å². The minimum atomic E-state index is 0.0540. The van der Waals surface area contributed by atoms with Crippen molar-refractivity contribution in [1.29, 1.82) is 5.26 Å². The number of carbonyl (C=O) groups is 1. The van der Waals surface area contributed by atoms with Crippen molar-refractivity contribution in [1.82, 2.24) is 9.88 Å². The number of anilines is 1. The monoisotopic (exact) mass is 358 g/mol. The lowest BCUT2D eigenvalue weighted by molar-refractivity contribution is 0.0773. The minimum Gasteiger partial charge on any atom is -0.380 e. The number of aromatic nitrogens is 1. The number of nitrogens with zero attached hydrogens (tertiary/aromatic N) is 3. The van der Waals surface area contributed by atoms with E-state index in [-0.39, 0.29) is 5.91 Å². The number of nitrogens with one attached hydrogen (secondary N) is 1. The molecule has 0 spiro atoms. The van der Waals surface area contributed by atoms with Gasteiger partial charge in [-0.1, -0.05) is 30.3 Å². The highest BCUT2D eigenvalue weighted by atomic mass is 16.2. The molecule has 0 saturated carbocycles. The third-order valence-corrected chi connectivity index (χ3v) is 4.57. The molecule has 1 aromatic heterocycles. The predicted molar refractivity (Wildman–Crippen MR) is 107 cm³/mol. The van der Waals surface area contributed by atoms with E-state index in [4.69, 9.17) is 0 Å². The molecular formula is C22H22N4O. The summed E-state index contributed by atoms with van der Waals surface area (Å²) in [7, 11) is 0. The summed E-state index contributed by atoms with van der Waals surface area (Å²) in [5, 5.41) is 13.6. The van der Waals surface area contributed by atoms with Gasteiger partial charge in [0.05, 0.1) is 5.52 Å². The van der Waals surface area contributed by atoms with E-state index in [0.29, 0.717) is 30.9 Å². The summed E-state index contributed by atoms with van der Waals surface area (Å²) in [5.41, 5.74) is 3.81. The van der Waals surface area contributed by atoms with Crippen molar-refractivity contribution in [3.63, 3.8) is 0 Å². The van der Waals surface area contributed by atoms with Gasteiger partial charge in [-0.2, -0.15) is 5.26 Å². The Labute approximate surface area is 159 Å². The highest BCUT2D eigenvalue weighted by molar-refractivity contribution is 5.94. The van der Waals surface area contributed by atoms with Crippen molar-refractivity contribution in [2.24, 2.45) is 0 Å². The van der Waals surface area contributed by atoms with Gasteiger partial charge in [0, 0.05) is 36.3 Å². The van der Waals surface area contributed by atoms with Crippen LogP contribution in [0.4, 0.5) is 5.69 Å². The van der Waals surface area contributed by atoms with Gasteiger partial charge in [0.1, 0.15) is 11.8 Å². The fraction of sp³-hybridized carbons (Fsp3) is 0.227. The molecule has 3 rings (SSSR count). The van der Waals surface area contributed by atoms with E-state index in [1.54, 1.807) is 11.0 Å². The van der Waals surface area contributed by atoms with Crippen LogP contribution in [0.2, 0.25) is 0 Å². The van der Waals surface area contributed by atoms with Gasteiger partial charge in [-0.25, -0.2) is 4.98 Å². The first-order chi connectivity index (χ1) is 13.2. The largest absolute Gasteiger partial charge is 0.380 e. The maximum Gasteiger partial charge on any atom is 0.253 e. The molecule has 3 aromatic rings. The van der Waals surface area contributed by atoms with Crippen molar-refractivity contribution in [2.45, 2.75) is 20.4 Å². The molecule has 0 aliphatic carbocycles. The van der Waals surface area contributed by atoms with E-state index in [9.17, 15) is 10.1 Å². The van der Waals surface area contributed by atoms with E-state index in [1.165, 1.54) is 0 Å². The molecule has 0 aliphatic rings. The molecule has 0 atom stereocenters. The van der Waals surface area contributed by atoms with Crippen LogP contribution in [0, 0.1) is 11.3 Å². The SMILES string of the molecule is CCN(CC)C(=O)c1ccc(CNc2cc(C#N)nc3ccccc23)cc1. The Balaban J connectivity index is 1.77. The summed E-state index contributed by atoms with van der Waals surface area (Å²) in [4.78, 5) is 18.5. The Morgan fingerprint density at radius 3 is 2.48 bits per heavy atom. The number of pyridine rings is 1. The summed E-state index contributed by atoms with van der Waals surface area (Å²) in [6.45, 7) is 5.96. The van der Waals surface area contributed by atoms with E-state index in [1.807, 2.05) is 62.4 Å². The van der Waals surface area contributed by atoms with Crippen molar-refractivity contribution in [2.75, 3.05) is 18.4 Å². The normalized spacial score (nSPS) is 10.4. The zero-order chi connectivity index (χ0) is 19.2. The van der Waals surface area contributed by atoms with Gasteiger partial charge in [-0.05, 0) is 43.7 Å². The van der Waals surface area contributed by atoms with Gasteiger partial charge in [0.25, 0.3) is 5.91 Å². The molecule has 2 aromatic carbocycles. The molecular weight excluding hydrogens is 336 g/mol. The molecule has 1 N–H and O–H groups in total. The number of hydrogen-bond acceptors (Lipinski definition) is 4. The van der Waals surface area contributed by atoms with Crippen LogP contribution in [-0.2, 0) is 6.54 Å². The van der Waals surface area contributed by atoms with Crippen LogP contribution < -0.4 is 5.32 Å². The van der Waals surface area contributed by atoms with E-state index >= 15 is 0 Å². The molecule has 0 unspecified atom stereocenters. The number of carbonyl (C=O) groups excluding carboxylic acids is 1. The van der Waals surface area contributed by atoms with E-state index < -0.39 is 0 Å². The molecule has 0 fully saturated rings. The Hall–Kier alpha value is -3.39. The molecule has 5 nitrogen and oxygen atoms in total. The molecule has 27 heavy (non-hydrogen) atoms. The van der Waals surface area contributed by atoms with Crippen molar-refractivity contribution >= 4 is 22.5 Å². The number of rotatable bonds is 6. The highest BCUT2D eigenvalue weighted by Gasteiger charge is 2.12. The van der Waals surface area contributed by atoms with Crippen LogP contribution >= 0.6 is 0 Å². The topological polar surface area (TPSA) is 69.0 Å². The fourth-order valence-electron chi connectivity index (χ4n) is 3.03. The lowest BCUT2D eigenvalue weighted by Gasteiger charge is -2.18. The maximum absolute atomic E-state index is 12.4. The van der Waals surface area contributed by atoms with Crippen LogP contribution in [0.1, 0.15) is 35.5 Å². The Morgan fingerprint density at radius 1 is 1.11 bits per heavy atom. The molecule has 5 heteroatoms. The molecule has 0 radical (unpaired) electrons. The first-order valence-electron chi connectivity index (χ1n) is 9.08. The van der Waals surface area contributed by atoms with Crippen molar-refractivity contribution in [3.05, 3.63) is 71.4 Å². The second kappa shape index (κ2) is 8.33. The van der Waals surface area contributed by atoms with Crippen molar-refractivity contribution < 1.29 is 4.79 Å². The number of benzene rings is 2. The molecule has 1 amide bonds. The highest BCUT2D eigenvalue weighted by Crippen LogP contribution is 2.23. The van der Waals surface area contributed by atoms with Crippen molar-refractivity contribution in [3.8, 4) is 6.07 Å². The summed E-state index contributed by atoms with van der Waals surface area (Å²) in [6, 6.07) is 19.3. The van der Waals surface area contributed by atoms with Gasteiger partial charge >= 0.3 is 0 Å². The average Bonchev–Trinajstić information content (AvgIpc) is 2.73. The third-order valence-electron chi connectivity index (χ3n) is 4.57. The van der Waals surface area contributed by atoms with Crippen LogP contribution in [-0.4, -0.2) is 28.9 Å². The zero-order valence-electron chi connectivity index (χ0n) is 15.6.